The number of piperidine rings is 1. The molecule has 38 heavy (non-hydrogen) atoms. The fraction of sp³-hybridized carbons (Fsp3) is 0.586. The molecule has 0 bridgehead atoms. The molecular weight excluding hydrogens is 491 g/mol. The van der Waals surface area contributed by atoms with Gasteiger partial charge < -0.3 is 15.1 Å². The molecule has 2 aliphatic heterocycles. The summed E-state index contributed by atoms with van der Waals surface area (Å²) in [5, 5.41) is 3.05. The highest BCUT2D eigenvalue weighted by Gasteiger charge is 2.36. The maximum absolute atomic E-state index is 13.2. The van der Waals surface area contributed by atoms with Crippen LogP contribution in [0, 0.1) is 5.92 Å². The third kappa shape index (κ3) is 7.69. The molecule has 2 aromatic rings. The minimum absolute atomic E-state index is 0.0794. The summed E-state index contributed by atoms with van der Waals surface area (Å²) in [6.07, 6.45) is 0.529. The number of benzene rings is 1. The van der Waals surface area contributed by atoms with E-state index in [1.165, 1.54) is 12.1 Å². The van der Waals surface area contributed by atoms with Crippen LogP contribution in [0.15, 0.2) is 48.7 Å². The Balaban J connectivity index is 1.31. The van der Waals surface area contributed by atoms with Gasteiger partial charge in [-0.1, -0.05) is 12.1 Å². The number of aromatic nitrogens is 1. The van der Waals surface area contributed by atoms with Gasteiger partial charge in [0.15, 0.2) is 0 Å². The average Bonchev–Trinajstić information content (AvgIpc) is 2.92. The SMILES string of the molecule is CC(C)N1CC[C@@H](N2CCN(c3cccc(C(F)(F)F)c3)CC2)[C@@H](CCC(=O)NCCc2ccccn2)C1. The molecule has 1 aromatic heterocycles. The van der Waals surface area contributed by atoms with E-state index in [1.807, 2.05) is 18.2 Å². The number of hydrogen-bond donors (Lipinski definition) is 1. The smallest absolute Gasteiger partial charge is 0.369 e. The average molecular weight is 532 g/mol. The zero-order chi connectivity index (χ0) is 27.1. The van der Waals surface area contributed by atoms with Gasteiger partial charge in [-0.3, -0.25) is 14.7 Å². The quantitative estimate of drug-likeness (QED) is 0.518. The number of rotatable bonds is 9. The highest BCUT2D eigenvalue weighted by atomic mass is 19.4. The van der Waals surface area contributed by atoms with E-state index in [2.05, 4.69) is 38.8 Å². The number of carbonyl (C=O) groups excluding carboxylic acids is 1. The number of carbonyl (C=O) groups is 1. The Morgan fingerprint density at radius 2 is 1.87 bits per heavy atom. The molecule has 1 aromatic carbocycles. The summed E-state index contributed by atoms with van der Waals surface area (Å²) in [5.41, 5.74) is 1.00. The Morgan fingerprint density at radius 1 is 1.08 bits per heavy atom. The number of pyridine rings is 1. The first-order valence-electron chi connectivity index (χ1n) is 13.8. The molecule has 2 fully saturated rings. The van der Waals surface area contributed by atoms with Crippen molar-refractivity contribution in [1.82, 2.24) is 20.1 Å². The van der Waals surface area contributed by atoms with Crippen molar-refractivity contribution < 1.29 is 18.0 Å². The summed E-state index contributed by atoms with van der Waals surface area (Å²) < 4.78 is 39.6. The van der Waals surface area contributed by atoms with Gasteiger partial charge in [0.1, 0.15) is 0 Å². The maximum atomic E-state index is 13.2. The van der Waals surface area contributed by atoms with E-state index in [9.17, 15) is 18.0 Å². The van der Waals surface area contributed by atoms with Crippen molar-refractivity contribution in [2.45, 2.75) is 57.8 Å². The van der Waals surface area contributed by atoms with Crippen LogP contribution < -0.4 is 10.2 Å². The molecule has 1 amide bonds. The maximum Gasteiger partial charge on any atom is 0.416 e. The van der Waals surface area contributed by atoms with E-state index >= 15 is 0 Å². The molecule has 9 heteroatoms. The zero-order valence-electron chi connectivity index (χ0n) is 22.5. The third-order valence-corrected chi connectivity index (χ3v) is 7.95. The second-order valence-corrected chi connectivity index (χ2v) is 10.7. The van der Waals surface area contributed by atoms with E-state index < -0.39 is 11.7 Å². The van der Waals surface area contributed by atoms with Gasteiger partial charge in [-0.15, -0.1) is 0 Å². The molecule has 0 saturated carbocycles. The Bertz CT molecular complexity index is 1020. The number of alkyl halides is 3. The summed E-state index contributed by atoms with van der Waals surface area (Å²) in [5.74, 6) is 0.462. The first-order chi connectivity index (χ1) is 18.2. The topological polar surface area (TPSA) is 51.7 Å². The number of anilines is 1. The summed E-state index contributed by atoms with van der Waals surface area (Å²) in [4.78, 5) is 24.0. The normalized spacial score (nSPS) is 21.6. The van der Waals surface area contributed by atoms with Crippen molar-refractivity contribution in [3.63, 3.8) is 0 Å². The Labute approximate surface area is 224 Å². The number of piperazine rings is 1. The van der Waals surface area contributed by atoms with Gasteiger partial charge in [0.2, 0.25) is 5.91 Å². The van der Waals surface area contributed by atoms with Crippen LogP contribution in [-0.4, -0.2) is 78.6 Å². The van der Waals surface area contributed by atoms with Crippen LogP contribution >= 0.6 is 0 Å². The summed E-state index contributed by atoms with van der Waals surface area (Å²) in [6, 6.07) is 12.3. The molecule has 0 spiro atoms. The van der Waals surface area contributed by atoms with Gasteiger partial charge >= 0.3 is 6.18 Å². The van der Waals surface area contributed by atoms with Crippen LogP contribution in [0.2, 0.25) is 0 Å². The van der Waals surface area contributed by atoms with Crippen LogP contribution in [0.1, 0.15) is 44.4 Å². The lowest BCUT2D eigenvalue weighted by atomic mass is 9.86. The highest BCUT2D eigenvalue weighted by molar-refractivity contribution is 5.75. The predicted octanol–water partition coefficient (Wildman–Crippen LogP) is 4.46. The van der Waals surface area contributed by atoms with E-state index in [-0.39, 0.29) is 5.91 Å². The number of halogens is 3. The minimum atomic E-state index is -4.33. The monoisotopic (exact) mass is 531 g/mol. The molecule has 4 rings (SSSR count). The molecule has 1 N–H and O–H groups in total. The van der Waals surface area contributed by atoms with Gasteiger partial charge in [-0.05, 0) is 69.5 Å². The van der Waals surface area contributed by atoms with Crippen LogP contribution in [0.5, 0.6) is 0 Å². The lowest BCUT2D eigenvalue weighted by molar-refractivity contribution is -0.137. The molecule has 0 aliphatic carbocycles. The molecule has 2 saturated heterocycles. The van der Waals surface area contributed by atoms with Crippen LogP contribution in [0.25, 0.3) is 0 Å². The number of hydrogen-bond acceptors (Lipinski definition) is 5. The number of amides is 1. The third-order valence-electron chi connectivity index (χ3n) is 7.95. The number of nitrogens with zero attached hydrogens (tertiary/aromatic N) is 4. The van der Waals surface area contributed by atoms with Gasteiger partial charge in [-0.2, -0.15) is 13.2 Å². The fourth-order valence-electron chi connectivity index (χ4n) is 5.75. The van der Waals surface area contributed by atoms with Crippen molar-refractivity contribution in [3.8, 4) is 0 Å². The summed E-state index contributed by atoms with van der Waals surface area (Å²) >= 11 is 0. The highest BCUT2D eigenvalue weighted by Crippen LogP contribution is 2.33. The molecule has 3 heterocycles. The van der Waals surface area contributed by atoms with Gasteiger partial charge in [0.25, 0.3) is 0 Å². The number of likely N-dealkylation sites (tertiary alicyclic amines) is 1. The van der Waals surface area contributed by atoms with Crippen LogP contribution in [0.3, 0.4) is 0 Å². The lowest BCUT2D eigenvalue weighted by Crippen LogP contribution is -2.57. The van der Waals surface area contributed by atoms with Gasteiger partial charge in [0.05, 0.1) is 5.56 Å². The largest absolute Gasteiger partial charge is 0.416 e. The van der Waals surface area contributed by atoms with Crippen molar-refractivity contribution in [3.05, 3.63) is 59.9 Å². The molecule has 0 radical (unpaired) electrons. The second-order valence-electron chi connectivity index (χ2n) is 10.7. The molecule has 0 unspecified atom stereocenters. The predicted molar refractivity (Wildman–Crippen MR) is 144 cm³/mol. The Kier molecular flexibility index (Phi) is 9.65. The lowest BCUT2D eigenvalue weighted by Gasteiger charge is -2.48. The Morgan fingerprint density at radius 3 is 2.55 bits per heavy atom. The Hall–Kier alpha value is -2.65. The molecule has 2 atom stereocenters. The van der Waals surface area contributed by atoms with Gasteiger partial charge in [-0.25, -0.2) is 0 Å². The summed E-state index contributed by atoms with van der Waals surface area (Å²) in [6.45, 7) is 10.1. The first-order valence-corrected chi connectivity index (χ1v) is 13.8. The van der Waals surface area contributed by atoms with Crippen LogP contribution in [-0.2, 0) is 17.4 Å². The van der Waals surface area contributed by atoms with Crippen molar-refractivity contribution in [1.29, 1.82) is 0 Å². The number of nitrogens with one attached hydrogen (secondary N) is 1. The minimum Gasteiger partial charge on any atom is -0.369 e. The zero-order valence-corrected chi connectivity index (χ0v) is 22.5. The first kappa shape index (κ1) is 28.4. The van der Waals surface area contributed by atoms with E-state index in [4.69, 9.17) is 0 Å². The standard InChI is InChI=1S/C29H40F3N5O/c1-22(2)37-15-12-27(23(21-37)9-10-28(38)34-14-11-25-7-3-4-13-33-25)36-18-16-35(17-19-36)26-8-5-6-24(20-26)29(30,31)32/h3-8,13,20,22-23,27H,9-12,14-19,21H2,1-2H3,(H,34,38)/t23-,27+/m0/s1. The molecule has 208 valence electrons. The van der Waals surface area contributed by atoms with Gasteiger partial charge in [0, 0.05) is 81.8 Å². The molecule has 2 aliphatic rings. The molecular formula is C29H40F3N5O. The fourth-order valence-corrected chi connectivity index (χ4v) is 5.75. The van der Waals surface area contributed by atoms with Crippen molar-refractivity contribution in [2.75, 3.05) is 50.7 Å². The van der Waals surface area contributed by atoms with Crippen molar-refractivity contribution >= 4 is 11.6 Å². The summed E-state index contributed by atoms with van der Waals surface area (Å²) in [7, 11) is 0. The molecule has 6 nitrogen and oxygen atoms in total. The van der Waals surface area contributed by atoms with Crippen molar-refractivity contribution in [2.24, 2.45) is 5.92 Å². The van der Waals surface area contributed by atoms with E-state index in [0.717, 1.165) is 57.2 Å². The van der Waals surface area contributed by atoms with E-state index in [0.29, 0.717) is 49.7 Å². The van der Waals surface area contributed by atoms with E-state index in [1.54, 1.807) is 12.3 Å². The van der Waals surface area contributed by atoms with Crippen LogP contribution in [0.4, 0.5) is 18.9 Å². The second kappa shape index (κ2) is 12.9.